The van der Waals surface area contributed by atoms with E-state index < -0.39 is 5.60 Å². The Bertz CT molecular complexity index is 876. The van der Waals surface area contributed by atoms with E-state index in [4.69, 9.17) is 9.47 Å². The normalized spacial score (nSPS) is 25.2. The monoisotopic (exact) mass is 408 g/mol. The molecule has 2 aromatic carbocycles. The third-order valence-corrected chi connectivity index (χ3v) is 6.19. The average Bonchev–Trinajstić information content (AvgIpc) is 3.26. The molecule has 160 valence electrons. The number of hydrogen-bond acceptors (Lipinski definition) is 4. The largest absolute Gasteiger partial charge is 0.497 e. The second-order valence-electron chi connectivity index (χ2n) is 9.61. The summed E-state index contributed by atoms with van der Waals surface area (Å²) < 4.78 is 11.1. The lowest BCUT2D eigenvalue weighted by Crippen LogP contribution is -2.53. The number of piperidine rings is 1. The Morgan fingerprint density at radius 1 is 1.10 bits per heavy atom. The molecule has 0 radical (unpaired) electrons. The highest BCUT2D eigenvalue weighted by atomic mass is 16.6. The summed E-state index contributed by atoms with van der Waals surface area (Å²) >= 11 is 0. The van der Waals surface area contributed by atoms with Crippen LogP contribution in [0.15, 0.2) is 54.6 Å². The Labute approximate surface area is 179 Å². The van der Waals surface area contributed by atoms with E-state index in [1.807, 2.05) is 49.9 Å². The first-order chi connectivity index (χ1) is 14.3. The van der Waals surface area contributed by atoms with E-state index >= 15 is 0 Å². The molecular formula is C25H32N2O3. The fourth-order valence-electron chi connectivity index (χ4n) is 4.97. The number of rotatable bonds is 5. The quantitative estimate of drug-likeness (QED) is 0.772. The summed E-state index contributed by atoms with van der Waals surface area (Å²) in [6, 6.07) is 18.4. The van der Waals surface area contributed by atoms with Gasteiger partial charge in [0, 0.05) is 23.8 Å². The van der Waals surface area contributed by atoms with Crippen LogP contribution in [0.1, 0.15) is 39.2 Å². The average molecular weight is 409 g/mol. The van der Waals surface area contributed by atoms with Crippen molar-refractivity contribution in [1.29, 1.82) is 0 Å². The molecule has 30 heavy (non-hydrogen) atoms. The second-order valence-corrected chi connectivity index (χ2v) is 9.61. The van der Waals surface area contributed by atoms with E-state index in [-0.39, 0.29) is 17.7 Å². The molecule has 1 aliphatic carbocycles. The van der Waals surface area contributed by atoms with Crippen LogP contribution < -0.4 is 15.0 Å². The molecular weight excluding hydrogens is 376 g/mol. The molecule has 1 saturated heterocycles. The van der Waals surface area contributed by atoms with E-state index in [0.717, 1.165) is 37.2 Å². The van der Waals surface area contributed by atoms with E-state index in [2.05, 4.69) is 35.6 Å². The van der Waals surface area contributed by atoms with E-state index in [1.54, 1.807) is 7.11 Å². The van der Waals surface area contributed by atoms with E-state index in [9.17, 15) is 4.79 Å². The van der Waals surface area contributed by atoms with Crippen LogP contribution >= 0.6 is 0 Å². The molecule has 2 bridgehead atoms. The van der Waals surface area contributed by atoms with Crippen LogP contribution in [0.2, 0.25) is 0 Å². The second kappa shape index (κ2) is 7.95. The van der Waals surface area contributed by atoms with Gasteiger partial charge in [-0.25, -0.2) is 4.79 Å². The van der Waals surface area contributed by atoms with Crippen LogP contribution in [-0.2, 0) is 11.2 Å². The summed E-state index contributed by atoms with van der Waals surface area (Å²) in [6.07, 6.45) is 2.69. The number of anilines is 1. The third-order valence-electron chi connectivity index (χ3n) is 6.19. The number of nitrogens with one attached hydrogen (secondary N) is 1. The number of amides is 1. The number of carbonyl (C=O) groups excluding carboxylic acids is 1. The van der Waals surface area contributed by atoms with Crippen molar-refractivity contribution in [2.24, 2.45) is 5.92 Å². The molecule has 4 rings (SSSR count). The molecule has 0 spiro atoms. The zero-order valence-electron chi connectivity index (χ0n) is 18.4. The van der Waals surface area contributed by atoms with Gasteiger partial charge in [-0.15, -0.1) is 0 Å². The molecule has 3 atom stereocenters. The Hall–Kier alpha value is -2.53. The molecule has 1 aliphatic heterocycles. The van der Waals surface area contributed by atoms with Crippen LogP contribution in [0.3, 0.4) is 0 Å². The smallest absolute Gasteiger partial charge is 0.415 e. The van der Waals surface area contributed by atoms with Crippen molar-refractivity contribution in [3.05, 3.63) is 60.2 Å². The van der Waals surface area contributed by atoms with Crippen molar-refractivity contribution >= 4 is 11.8 Å². The zero-order valence-corrected chi connectivity index (χ0v) is 18.4. The lowest BCUT2D eigenvalue weighted by atomic mass is 9.89. The summed E-state index contributed by atoms with van der Waals surface area (Å²) in [4.78, 5) is 15.2. The molecule has 1 saturated carbocycles. The molecule has 2 aliphatic rings. The standard InChI is InChI=1S/C25H32N2O3/c1-24(2,3)30-23(28)27(20-10-12-21(29-4)13-11-20)22-16-25(15-19(22)17-26-25)14-18-8-6-5-7-9-18/h5-13,19,22,26H,14-17H2,1-4H3/t19-,22-,25+/m1/s1. The maximum atomic E-state index is 13.3. The molecule has 1 heterocycles. The van der Waals surface area contributed by atoms with Crippen molar-refractivity contribution in [2.75, 3.05) is 18.6 Å². The van der Waals surface area contributed by atoms with Gasteiger partial charge in [-0.2, -0.15) is 0 Å². The highest BCUT2D eigenvalue weighted by Crippen LogP contribution is 2.46. The lowest BCUT2D eigenvalue weighted by Gasteiger charge is -2.38. The highest BCUT2D eigenvalue weighted by molar-refractivity contribution is 5.89. The van der Waals surface area contributed by atoms with Gasteiger partial charge in [0.25, 0.3) is 0 Å². The predicted octanol–water partition coefficient (Wildman–Crippen LogP) is 4.80. The third kappa shape index (κ3) is 4.31. The van der Waals surface area contributed by atoms with Crippen molar-refractivity contribution in [3.63, 3.8) is 0 Å². The fourth-order valence-corrected chi connectivity index (χ4v) is 4.97. The number of carbonyl (C=O) groups is 1. The van der Waals surface area contributed by atoms with Crippen LogP contribution in [0.25, 0.3) is 0 Å². The van der Waals surface area contributed by atoms with Crippen LogP contribution in [-0.4, -0.2) is 36.9 Å². The number of ether oxygens (including phenoxy) is 2. The van der Waals surface area contributed by atoms with Crippen molar-refractivity contribution in [3.8, 4) is 5.75 Å². The van der Waals surface area contributed by atoms with Gasteiger partial charge < -0.3 is 14.8 Å². The van der Waals surface area contributed by atoms with Gasteiger partial charge in [0.2, 0.25) is 0 Å². The van der Waals surface area contributed by atoms with Gasteiger partial charge >= 0.3 is 6.09 Å². The number of benzene rings is 2. The molecule has 1 N–H and O–H groups in total. The molecule has 5 nitrogen and oxygen atoms in total. The predicted molar refractivity (Wildman–Crippen MR) is 119 cm³/mol. The molecule has 2 aromatic rings. The molecule has 1 amide bonds. The van der Waals surface area contributed by atoms with Gasteiger partial charge in [0.05, 0.1) is 7.11 Å². The van der Waals surface area contributed by atoms with Crippen LogP contribution in [0.5, 0.6) is 5.75 Å². The summed E-state index contributed by atoms with van der Waals surface area (Å²) in [5.74, 6) is 1.18. The Morgan fingerprint density at radius 3 is 2.43 bits per heavy atom. The van der Waals surface area contributed by atoms with Gasteiger partial charge in [0.1, 0.15) is 11.4 Å². The number of hydrogen-bond donors (Lipinski definition) is 1. The zero-order chi connectivity index (χ0) is 21.4. The maximum absolute atomic E-state index is 13.3. The van der Waals surface area contributed by atoms with Crippen molar-refractivity contribution in [1.82, 2.24) is 5.32 Å². The lowest BCUT2D eigenvalue weighted by molar-refractivity contribution is 0.0553. The summed E-state index contributed by atoms with van der Waals surface area (Å²) in [5, 5.41) is 3.76. The van der Waals surface area contributed by atoms with Gasteiger partial charge in [-0.05, 0) is 75.8 Å². The summed E-state index contributed by atoms with van der Waals surface area (Å²) in [5.41, 5.74) is 1.68. The summed E-state index contributed by atoms with van der Waals surface area (Å²) in [7, 11) is 1.65. The van der Waals surface area contributed by atoms with Crippen LogP contribution in [0.4, 0.5) is 10.5 Å². The minimum Gasteiger partial charge on any atom is -0.497 e. The molecule has 2 fully saturated rings. The first-order valence-electron chi connectivity index (χ1n) is 10.7. The highest BCUT2D eigenvalue weighted by Gasteiger charge is 2.53. The van der Waals surface area contributed by atoms with E-state index in [1.165, 1.54) is 5.56 Å². The minimum atomic E-state index is -0.542. The first kappa shape index (κ1) is 20.7. The topological polar surface area (TPSA) is 50.8 Å². The molecule has 0 unspecified atom stereocenters. The summed E-state index contributed by atoms with van der Waals surface area (Å²) in [6.45, 7) is 6.66. The van der Waals surface area contributed by atoms with Crippen LogP contribution in [0, 0.1) is 5.92 Å². The van der Waals surface area contributed by atoms with Gasteiger partial charge in [-0.3, -0.25) is 4.90 Å². The first-order valence-corrected chi connectivity index (χ1v) is 10.7. The molecule has 5 heteroatoms. The van der Waals surface area contributed by atoms with Gasteiger partial charge in [0.15, 0.2) is 0 Å². The SMILES string of the molecule is COc1ccc(N(C(=O)OC(C)(C)C)[C@@H]2C[C@]3(Cc4ccccc4)C[C@@H]2CN3)cc1. The Balaban J connectivity index is 1.61. The van der Waals surface area contributed by atoms with Crippen molar-refractivity contribution in [2.45, 2.75) is 57.2 Å². The maximum Gasteiger partial charge on any atom is 0.415 e. The fraction of sp³-hybridized carbons (Fsp3) is 0.480. The Kier molecular flexibility index (Phi) is 5.49. The van der Waals surface area contributed by atoms with Crippen molar-refractivity contribution < 1.29 is 14.3 Å². The minimum absolute atomic E-state index is 0.0312. The number of nitrogens with zero attached hydrogens (tertiary/aromatic N) is 1. The number of fused-ring (bicyclic) bond motifs is 2. The van der Waals surface area contributed by atoms with Gasteiger partial charge in [-0.1, -0.05) is 30.3 Å². The Morgan fingerprint density at radius 2 is 1.80 bits per heavy atom. The molecule has 0 aromatic heterocycles. The number of methoxy groups -OCH3 is 1. The van der Waals surface area contributed by atoms with E-state index in [0.29, 0.717) is 5.92 Å².